The molecule has 0 aliphatic heterocycles. The number of nitrogens with one attached hydrogen (secondary N) is 1. The van der Waals surface area contributed by atoms with Gasteiger partial charge in [0.15, 0.2) is 0 Å². The number of aromatic nitrogens is 3. The van der Waals surface area contributed by atoms with E-state index in [-0.39, 0.29) is 22.7 Å². The average molecular weight is 279 g/mol. The number of nitrogens with zero attached hydrogens (tertiary/aromatic N) is 4. The van der Waals surface area contributed by atoms with Crippen molar-refractivity contribution in [2.75, 3.05) is 0 Å². The summed E-state index contributed by atoms with van der Waals surface area (Å²) in [7, 11) is 0. The van der Waals surface area contributed by atoms with Crippen LogP contribution < -0.4 is 11.0 Å². The monoisotopic (exact) mass is 279 g/mol. The van der Waals surface area contributed by atoms with Crippen LogP contribution in [0, 0.1) is 16.7 Å². The van der Waals surface area contributed by atoms with E-state index < -0.39 is 0 Å². The summed E-state index contributed by atoms with van der Waals surface area (Å²) < 4.78 is 3.06. The van der Waals surface area contributed by atoms with Gasteiger partial charge < -0.3 is 4.57 Å². The van der Waals surface area contributed by atoms with Crippen LogP contribution in [0.5, 0.6) is 0 Å². The van der Waals surface area contributed by atoms with Crippen LogP contribution >= 0.6 is 0 Å². The van der Waals surface area contributed by atoms with Crippen molar-refractivity contribution in [3.05, 3.63) is 51.9 Å². The van der Waals surface area contributed by atoms with Gasteiger partial charge in [0.05, 0.1) is 10.9 Å². The van der Waals surface area contributed by atoms with E-state index in [0.29, 0.717) is 16.7 Å². The first-order chi connectivity index (χ1) is 10.0. The van der Waals surface area contributed by atoms with Crippen LogP contribution in [0.15, 0.2) is 35.3 Å². The van der Waals surface area contributed by atoms with Gasteiger partial charge in [-0.2, -0.15) is 5.26 Å². The SMILES string of the molecule is CC(C)n1c(=N)c(C#N)cc2c(=O)n3ccccc3nc21. The third-order valence-corrected chi connectivity index (χ3v) is 3.40. The molecule has 0 radical (unpaired) electrons. The number of rotatable bonds is 1. The maximum Gasteiger partial charge on any atom is 0.267 e. The molecule has 0 saturated carbocycles. The third kappa shape index (κ3) is 1.82. The van der Waals surface area contributed by atoms with Gasteiger partial charge in [-0.3, -0.25) is 14.6 Å². The Morgan fingerprint density at radius 2 is 2.14 bits per heavy atom. The van der Waals surface area contributed by atoms with Crippen LogP contribution in [0.4, 0.5) is 0 Å². The average Bonchev–Trinajstić information content (AvgIpc) is 2.46. The Hall–Kier alpha value is -2.94. The Kier molecular flexibility index (Phi) is 2.84. The quantitative estimate of drug-likeness (QED) is 0.686. The van der Waals surface area contributed by atoms with Crippen LogP contribution in [0.2, 0.25) is 0 Å². The molecule has 1 N–H and O–H groups in total. The van der Waals surface area contributed by atoms with Crippen molar-refractivity contribution in [2.24, 2.45) is 0 Å². The molecule has 3 rings (SSSR count). The normalized spacial score (nSPS) is 11.1. The third-order valence-electron chi connectivity index (χ3n) is 3.40. The zero-order valence-electron chi connectivity index (χ0n) is 11.7. The second-order valence-corrected chi connectivity index (χ2v) is 5.07. The molecule has 6 nitrogen and oxygen atoms in total. The predicted octanol–water partition coefficient (Wildman–Crippen LogP) is 1.58. The Morgan fingerprint density at radius 1 is 1.38 bits per heavy atom. The second kappa shape index (κ2) is 4.56. The zero-order chi connectivity index (χ0) is 15.1. The van der Waals surface area contributed by atoms with Crippen molar-refractivity contribution in [2.45, 2.75) is 19.9 Å². The molecule has 3 aromatic rings. The summed E-state index contributed by atoms with van der Waals surface area (Å²) in [5.74, 6) is 0. The molecule has 0 fully saturated rings. The van der Waals surface area contributed by atoms with Crippen molar-refractivity contribution >= 4 is 16.7 Å². The number of pyridine rings is 2. The number of hydrogen-bond donors (Lipinski definition) is 1. The molecule has 0 saturated heterocycles. The summed E-state index contributed by atoms with van der Waals surface area (Å²) in [6.45, 7) is 3.79. The van der Waals surface area contributed by atoms with Crippen molar-refractivity contribution in [1.29, 1.82) is 10.7 Å². The summed E-state index contributed by atoms with van der Waals surface area (Å²) in [6, 6.07) is 8.65. The minimum atomic E-state index is -0.235. The van der Waals surface area contributed by atoms with E-state index in [4.69, 9.17) is 5.41 Å². The lowest BCUT2D eigenvalue weighted by atomic mass is 10.2. The van der Waals surface area contributed by atoms with Crippen molar-refractivity contribution < 1.29 is 0 Å². The van der Waals surface area contributed by atoms with Crippen LogP contribution in [-0.4, -0.2) is 14.0 Å². The summed E-state index contributed by atoms with van der Waals surface area (Å²) in [6.07, 6.45) is 1.64. The second-order valence-electron chi connectivity index (χ2n) is 5.07. The molecule has 0 bridgehead atoms. The summed E-state index contributed by atoms with van der Waals surface area (Å²) >= 11 is 0. The van der Waals surface area contributed by atoms with E-state index in [1.807, 2.05) is 19.9 Å². The van der Waals surface area contributed by atoms with Gasteiger partial charge >= 0.3 is 0 Å². The van der Waals surface area contributed by atoms with Crippen LogP contribution in [0.25, 0.3) is 16.7 Å². The lowest BCUT2D eigenvalue weighted by Crippen LogP contribution is -2.28. The van der Waals surface area contributed by atoms with E-state index in [9.17, 15) is 10.1 Å². The minimum absolute atomic E-state index is 0.0761. The largest absolute Gasteiger partial charge is 0.307 e. The molecule has 0 unspecified atom stereocenters. The smallest absolute Gasteiger partial charge is 0.267 e. The van der Waals surface area contributed by atoms with E-state index >= 15 is 0 Å². The number of nitriles is 1. The molecule has 6 heteroatoms. The van der Waals surface area contributed by atoms with Crippen LogP contribution in [0.1, 0.15) is 25.5 Å². The predicted molar refractivity (Wildman–Crippen MR) is 77.9 cm³/mol. The molecule has 0 amide bonds. The Morgan fingerprint density at radius 3 is 2.81 bits per heavy atom. The molecule has 3 heterocycles. The van der Waals surface area contributed by atoms with Gasteiger partial charge in [0.1, 0.15) is 22.9 Å². The van der Waals surface area contributed by atoms with Crippen molar-refractivity contribution in [1.82, 2.24) is 14.0 Å². The van der Waals surface area contributed by atoms with Crippen molar-refractivity contribution in [3.63, 3.8) is 0 Å². The van der Waals surface area contributed by atoms with Gasteiger partial charge in [-0.05, 0) is 32.0 Å². The maximum absolute atomic E-state index is 12.6. The molecule has 3 aromatic heterocycles. The highest BCUT2D eigenvalue weighted by atomic mass is 16.1. The van der Waals surface area contributed by atoms with Gasteiger partial charge in [0.25, 0.3) is 5.56 Å². The Balaban J connectivity index is 2.66. The standard InChI is InChI=1S/C15H13N5O/c1-9(2)20-13(17)10(8-16)7-11-14(20)18-12-5-3-4-6-19(12)15(11)21/h3-7,9,17H,1-2H3. The van der Waals surface area contributed by atoms with Gasteiger partial charge in [0.2, 0.25) is 0 Å². The van der Waals surface area contributed by atoms with Gasteiger partial charge in [-0.15, -0.1) is 0 Å². The van der Waals surface area contributed by atoms with Gasteiger partial charge in [-0.1, -0.05) is 6.07 Å². The van der Waals surface area contributed by atoms with Crippen LogP contribution in [0.3, 0.4) is 0 Å². The first-order valence-electron chi connectivity index (χ1n) is 6.56. The lowest BCUT2D eigenvalue weighted by Gasteiger charge is -2.15. The number of hydrogen-bond acceptors (Lipinski definition) is 4. The van der Waals surface area contributed by atoms with Gasteiger partial charge in [-0.25, -0.2) is 4.98 Å². The summed E-state index contributed by atoms with van der Waals surface area (Å²) in [5, 5.41) is 17.7. The molecule has 0 aliphatic rings. The fraction of sp³-hybridized carbons (Fsp3) is 0.200. The highest BCUT2D eigenvalue weighted by molar-refractivity contribution is 5.77. The maximum atomic E-state index is 12.6. The van der Waals surface area contributed by atoms with Gasteiger partial charge in [0, 0.05) is 12.2 Å². The fourth-order valence-electron chi connectivity index (χ4n) is 2.44. The first kappa shape index (κ1) is 13.1. The highest BCUT2D eigenvalue weighted by Crippen LogP contribution is 2.13. The Bertz CT molecular complexity index is 1020. The first-order valence-corrected chi connectivity index (χ1v) is 6.56. The van der Waals surface area contributed by atoms with E-state index in [2.05, 4.69) is 4.98 Å². The van der Waals surface area contributed by atoms with Crippen molar-refractivity contribution in [3.8, 4) is 6.07 Å². The van der Waals surface area contributed by atoms with E-state index in [0.717, 1.165) is 0 Å². The Labute approximate surface area is 120 Å². The summed E-state index contributed by atoms with van der Waals surface area (Å²) in [5.41, 5.74) is 0.971. The number of fused-ring (bicyclic) bond motifs is 2. The minimum Gasteiger partial charge on any atom is -0.307 e. The molecule has 0 aromatic carbocycles. The molecular weight excluding hydrogens is 266 g/mol. The fourth-order valence-corrected chi connectivity index (χ4v) is 2.44. The van der Waals surface area contributed by atoms with E-state index in [1.54, 1.807) is 29.0 Å². The van der Waals surface area contributed by atoms with Crippen LogP contribution in [-0.2, 0) is 0 Å². The van der Waals surface area contributed by atoms with E-state index in [1.165, 1.54) is 10.5 Å². The highest BCUT2D eigenvalue weighted by Gasteiger charge is 2.14. The molecule has 0 spiro atoms. The molecule has 0 atom stereocenters. The summed E-state index contributed by atoms with van der Waals surface area (Å²) in [4.78, 5) is 17.1. The lowest BCUT2D eigenvalue weighted by molar-refractivity contribution is 0.580. The molecule has 0 aliphatic carbocycles. The zero-order valence-corrected chi connectivity index (χ0v) is 11.7. The topological polar surface area (TPSA) is 86.9 Å². The molecular formula is C15H13N5O. The molecule has 21 heavy (non-hydrogen) atoms. The molecule has 104 valence electrons.